The van der Waals surface area contributed by atoms with Crippen molar-refractivity contribution in [2.75, 3.05) is 12.3 Å². The highest BCUT2D eigenvalue weighted by atomic mass is 32.2. The summed E-state index contributed by atoms with van der Waals surface area (Å²) in [5.41, 5.74) is 0.888. The number of pyridine rings is 1. The van der Waals surface area contributed by atoms with Crippen LogP contribution in [0.25, 0.3) is 0 Å². The summed E-state index contributed by atoms with van der Waals surface area (Å²) in [6, 6.07) is 3.55. The smallest absolute Gasteiger partial charge is 0.315 e. The van der Waals surface area contributed by atoms with Crippen LogP contribution in [-0.4, -0.2) is 34.3 Å². The maximum atomic E-state index is 11.5. The monoisotopic (exact) mass is 264 g/mol. The molecular formula is C11H12N4O2S. The maximum Gasteiger partial charge on any atom is 0.315 e. The zero-order valence-electron chi connectivity index (χ0n) is 9.55. The largest absolute Gasteiger partial charge is 0.344 e. The molecule has 1 aromatic rings. The van der Waals surface area contributed by atoms with Crippen molar-refractivity contribution in [1.29, 1.82) is 0 Å². The molecule has 1 aromatic heterocycles. The van der Waals surface area contributed by atoms with Crippen LogP contribution in [0.3, 0.4) is 0 Å². The number of rotatable bonds is 2. The fraction of sp³-hybridized carbons (Fsp3) is 0.273. The van der Waals surface area contributed by atoms with E-state index in [1.165, 1.54) is 11.8 Å². The van der Waals surface area contributed by atoms with Crippen LogP contribution in [0, 0.1) is 0 Å². The molecule has 0 radical (unpaired) electrons. The summed E-state index contributed by atoms with van der Waals surface area (Å²) in [5.74, 6) is -0.506. The van der Waals surface area contributed by atoms with Gasteiger partial charge in [0.25, 0.3) is 0 Å². The van der Waals surface area contributed by atoms with E-state index in [2.05, 4.69) is 20.6 Å². The molecule has 0 bridgehead atoms. The predicted molar refractivity (Wildman–Crippen MR) is 69.0 cm³/mol. The van der Waals surface area contributed by atoms with E-state index in [9.17, 15) is 9.59 Å². The Labute approximate surface area is 108 Å². The van der Waals surface area contributed by atoms with Gasteiger partial charge in [-0.1, -0.05) is 11.8 Å². The molecule has 0 fully saturated rings. The number of nitrogens with zero attached hydrogens (tertiary/aromatic N) is 2. The highest BCUT2D eigenvalue weighted by Crippen LogP contribution is 2.08. The lowest BCUT2D eigenvalue weighted by atomic mass is 10.3. The van der Waals surface area contributed by atoms with E-state index in [-0.39, 0.29) is 0 Å². The molecule has 0 atom stereocenters. The van der Waals surface area contributed by atoms with Crippen LogP contribution >= 0.6 is 11.8 Å². The molecule has 0 saturated heterocycles. The van der Waals surface area contributed by atoms with Gasteiger partial charge in [0.05, 0.1) is 6.54 Å². The first-order valence-corrected chi connectivity index (χ1v) is 6.39. The topological polar surface area (TPSA) is 83.5 Å². The summed E-state index contributed by atoms with van der Waals surface area (Å²) in [6.45, 7) is 0.979. The molecule has 0 unspecified atom stereocenters. The quantitative estimate of drug-likeness (QED) is 0.732. The molecule has 0 saturated carbocycles. The molecule has 1 aliphatic rings. The molecule has 2 rings (SSSR count). The molecule has 2 amide bonds. The van der Waals surface area contributed by atoms with Crippen LogP contribution < -0.4 is 10.6 Å². The second-order valence-corrected chi connectivity index (χ2v) is 4.61. The second kappa shape index (κ2) is 6.15. The van der Waals surface area contributed by atoms with Gasteiger partial charge in [-0.3, -0.25) is 24.9 Å². The van der Waals surface area contributed by atoms with Gasteiger partial charge in [-0.25, -0.2) is 0 Å². The van der Waals surface area contributed by atoms with Gasteiger partial charge in [0.2, 0.25) is 0 Å². The van der Waals surface area contributed by atoms with Gasteiger partial charge in [-0.05, 0) is 17.7 Å². The minimum atomic E-state index is -0.683. The molecule has 0 aromatic carbocycles. The Balaban J connectivity index is 1.79. The van der Waals surface area contributed by atoms with E-state index in [0.717, 1.165) is 11.3 Å². The lowest BCUT2D eigenvalue weighted by Crippen LogP contribution is -2.41. The Morgan fingerprint density at radius 2 is 2.06 bits per heavy atom. The van der Waals surface area contributed by atoms with Crippen LogP contribution in [0.4, 0.5) is 0 Å². The first-order valence-electron chi connectivity index (χ1n) is 5.41. The van der Waals surface area contributed by atoms with Crippen LogP contribution in [0.15, 0.2) is 29.5 Å². The third-order valence-corrected chi connectivity index (χ3v) is 3.11. The summed E-state index contributed by atoms with van der Waals surface area (Å²) < 4.78 is 0. The number of nitrogens with one attached hydrogen (secondary N) is 2. The van der Waals surface area contributed by atoms with Crippen LogP contribution in [-0.2, 0) is 16.1 Å². The number of hydrogen-bond acceptors (Lipinski definition) is 5. The number of amidine groups is 1. The summed E-state index contributed by atoms with van der Waals surface area (Å²) in [4.78, 5) is 30.9. The van der Waals surface area contributed by atoms with E-state index < -0.39 is 11.8 Å². The van der Waals surface area contributed by atoms with E-state index >= 15 is 0 Å². The Bertz CT molecular complexity index is 475. The first kappa shape index (κ1) is 12.6. The Kier molecular flexibility index (Phi) is 4.30. The van der Waals surface area contributed by atoms with E-state index in [0.29, 0.717) is 18.3 Å². The van der Waals surface area contributed by atoms with Gasteiger partial charge in [-0.15, -0.1) is 0 Å². The third-order valence-electron chi connectivity index (χ3n) is 2.21. The van der Waals surface area contributed by atoms with Gasteiger partial charge in [-0.2, -0.15) is 0 Å². The Morgan fingerprint density at radius 3 is 2.72 bits per heavy atom. The average molecular weight is 264 g/mol. The standard InChI is InChI=1S/C11H12N4O2S/c16-9(10(17)15-11-13-5-6-18-11)14-7-8-1-3-12-4-2-8/h1-4H,5-7H2,(H,14,16)(H,13,15,17). The fourth-order valence-corrected chi connectivity index (χ4v) is 2.05. The second-order valence-electron chi connectivity index (χ2n) is 3.53. The van der Waals surface area contributed by atoms with Gasteiger partial charge in [0, 0.05) is 24.7 Å². The van der Waals surface area contributed by atoms with Crippen molar-refractivity contribution in [3.8, 4) is 0 Å². The number of amides is 2. The molecule has 0 spiro atoms. The number of carbonyl (C=O) groups is 2. The van der Waals surface area contributed by atoms with Crippen LogP contribution in [0.1, 0.15) is 5.56 Å². The molecule has 0 aliphatic carbocycles. The predicted octanol–water partition coefficient (Wildman–Crippen LogP) is -0.0832. The SMILES string of the molecule is O=C(NCc1ccncc1)C(=O)NC1=NCCS1. The minimum Gasteiger partial charge on any atom is -0.344 e. The van der Waals surface area contributed by atoms with E-state index in [4.69, 9.17) is 0 Å². The van der Waals surface area contributed by atoms with Gasteiger partial charge >= 0.3 is 11.8 Å². The highest BCUT2D eigenvalue weighted by Gasteiger charge is 2.17. The average Bonchev–Trinajstić information content (AvgIpc) is 2.90. The minimum absolute atomic E-state index is 0.300. The zero-order chi connectivity index (χ0) is 12.8. The van der Waals surface area contributed by atoms with Crippen molar-refractivity contribution in [2.24, 2.45) is 4.99 Å². The lowest BCUT2D eigenvalue weighted by Gasteiger charge is -2.05. The fourth-order valence-electron chi connectivity index (χ4n) is 1.33. The zero-order valence-corrected chi connectivity index (χ0v) is 10.4. The molecule has 7 heteroatoms. The van der Waals surface area contributed by atoms with Crippen molar-refractivity contribution in [1.82, 2.24) is 15.6 Å². The normalized spacial score (nSPS) is 13.9. The van der Waals surface area contributed by atoms with Crippen LogP contribution in [0.5, 0.6) is 0 Å². The molecule has 18 heavy (non-hydrogen) atoms. The summed E-state index contributed by atoms with van der Waals surface area (Å²) in [7, 11) is 0. The van der Waals surface area contributed by atoms with Crippen molar-refractivity contribution in [3.05, 3.63) is 30.1 Å². The van der Waals surface area contributed by atoms with Crippen molar-refractivity contribution < 1.29 is 9.59 Å². The third kappa shape index (κ3) is 3.56. The number of aromatic nitrogens is 1. The number of hydrogen-bond donors (Lipinski definition) is 2. The van der Waals surface area contributed by atoms with E-state index in [1.54, 1.807) is 24.5 Å². The van der Waals surface area contributed by atoms with Crippen molar-refractivity contribution in [3.63, 3.8) is 0 Å². The summed E-state index contributed by atoms with van der Waals surface area (Å²) >= 11 is 1.43. The number of thioether (sulfide) groups is 1. The first-order chi connectivity index (χ1) is 8.75. The Hall–Kier alpha value is -1.89. The summed E-state index contributed by atoms with van der Waals surface area (Å²) in [5, 5.41) is 5.51. The lowest BCUT2D eigenvalue weighted by molar-refractivity contribution is -0.138. The van der Waals surface area contributed by atoms with Gasteiger partial charge in [0.1, 0.15) is 0 Å². The summed E-state index contributed by atoms with van der Waals surface area (Å²) in [6.07, 6.45) is 3.26. The van der Waals surface area contributed by atoms with Crippen LogP contribution in [0.2, 0.25) is 0 Å². The van der Waals surface area contributed by atoms with Gasteiger partial charge < -0.3 is 5.32 Å². The molecule has 1 aliphatic heterocycles. The molecule has 2 heterocycles. The number of carbonyl (C=O) groups excluding carboxylic acids is 2. The van der Waals surface area contributed by atoms with Crippen molar-refractivity contribution in [2.45, 2.75) is 6.54 Å². The Morgan fingerprint density at radius 1 is 1.28 bits per heavy atom. The molecular weight excluding hydrogens is 252 g/mol. The molecule has 94 valence electrons. The van der Waals surface area contributed by atoms with Crippen molar-refractivity contribution >= 4 is 28.7 Å². The highest BCUT2D eigenvalue weighted by molar-refractivity contribution is 8.14. The van der Waals surface area contributed by atoms with E-state index in [1.807, 2.05) is 0 Å². The number of aliphatic imine (C=N–C) groups is 1. The maximum absolute atomic E-state index is 11.5. The molecule has 2 N–H and O–H groups in total. The van der Waals surface area contributed by atoms with Gasteiger partial charge in [0.15, 0.2) is 5.17 Å². The molecule has 6 nitrogen and oxygen atoms in total.